The average molecular weight is 258 g/mol. The van der Waals surface area contributed by atoms with E-state index in [4.69, 9.17) is 0 Å². The highest BCUT2D eigenvalue weighted by Gasteiger charge is 2.20. The molecule has 102 valence electrons. The predicted octanol–water partition coefficient (Wildman–Crippen LogP) is 2.84. The molecule has 1 aliphatic rings. The van der Waals surface area contributed by atoms with Crippen LogP contribution in [0.5, 0.6) is 0 Å². The Kier molecular flexibility index (Phi) is 3.76. The number of hydrogen-bond donors (Lipinski definition) is 2. The molecule has 0 unspecified atom stereocenters. The number of nitrogens with one attached hydrogen (secondary N) is 2. The van der Waals surface area contributed by atoms with E-state index < -0.39 is 0 Å². The quantitative estimate of drug-likeness (QED) is 0.801. The van der Waals surface area contributed by atoms with Gasteiger partial charge in [0, 0.05) is 24.4 Å². The topological polar surface area (TPSA) is 41.1 Å². The highest BCUT2D eigenvalue weighted by molar-refractivity contribution is 6.04. The van der Waals surface area contributed by atoms with Crippen molar-refractivity contribution in [2.75, 3.05) is 18.4 Å². The van der Waals surface area contributed by atoms with Gasteiger partial charge in [-0.25, -0.2) is 0 Å². The maximum Gasteiger partial charge on any atom is 0.251 e. The fraction of sp³-hybridized carbons (Fsp3) is 0.438. The molecule has 19 heavy (non-hydrogen) atoms. The first-order valence-corrected chi connectivity index (χ1v) is 6.70. The molecule has 2 N–H and O–H groups in total. The van der Waals surface area contributed by atoms with Crippen molar-refractivity contribution in [3.05, 3.63) is 41.0 Å². The zero-order chi connectivity index (χ0) is 14.0. The SMILES string of the molecule is CC(C(=O)Nc1ccccc1C(C)(C)C)=C1CNC1. The van der Waals surface area contributed by atoms with Gasteiger partial charge < -0.3 is 10.6 Å². The lowest BCUT2D eigenvalue weighted by atomic mass is 9.85. The van der Waals surface area contributed by atoms with Gasteiger partial charge in [0.25, 0.3) is 5.91 Å². The highest BCUT2D eigenvalue weighted by atomic mass is 16.1. The van der Waals surface area contributed by atoms with E-state index >= 15 is 0 Å². The molecule has 1 aromatic rings. The maximum atomic E-state index is 12.2. The van der Waals surface area contributed by atoms with Crippen LogP contribution in [0.1, 0.15) is 33.3 Å². The zero-order valence-electron chi connectivity index (χ0n) is 12.1. The normalized spacial score (nSPS) is 14.8. The molecule has 0 aliphatic carbocycles. The Labute approximate surface area is 115 Å². The highest BCUT2D eigenvalue weighted by Crippen LogP contribution is 2.29. The summed E-state index contributed by atoms with van der Waals surface area (Å²) in [7, 11) is 0. The van der Waals surface area contributed by atoms with Crippen LogP contribution in [0.4, 0.5) is 5.69 Å². The van der Waals surface area contributed by atoms with Gasteiger partial charge >= 0.3 is 0 Å². The minimum atomic E-state index is 0.00759. The number of benzene rings is 1. The minimum absolute atomic E-state index is 0.00759. The van der Waals surface area contributed by atoms with Crippen molar-refractivity contribution in [3.8, 4) is 0 Å². The number of amides is 1. The third-order valence-electron chi connectivity index (χ3n) is 3.53. The fourth-order valence-electron chi connectivity index (χ4n) is 2.14. The first kappa shape index (κ1) is 13.8. The van der Waals surface area contributed by atoms with Crippen LogP contribution in [0.2, 0.25) is 0 Å². The van der Waals surface area contributed by atoms with Gasteiger partial charge in [-0.05, 0) is 29.5 Å². The lowest BCUT2D eigenvalue weighted by Crippen LogP contribution is -2.36. The molecule has 0 aromatic heterocycles. The molecule has 1 saturated heterocycles. The summed E-state index contributed by atoms with van der Waals surface area (Å²) in [6.07, 6.45) is 0. The molecule has 1 amide bonds. The molecule has 1 heterocycles. The van der Waals surface area contributed by atoms with Gasteiger partial charge in [0.15, 0.2) is 0 Å². The average Bonchev–Trinajstić information content (AvgIpc) is 2.25. The molecule has 0 atom stereocenters. The summed E-state index contributed by atoms with van der Waals surface area (Å²) in [6, 6.07) is 8.01. The van der Waals surface area contributed by atoms with E-state index in [1.54, 1.807) is 0 Å². The number of para-hydroxylation sites is 1. The standard InChI is InChI=1S/C16H22N2O/c1-11(12-9-17-10-12)15(19)18-14-8-6-5-7-13(14)16(2,3)4/h5-8,17H,9-10H2,1-4H3,(H,18,19). The first-order valence-electron chi connectivity index (χ1n) is 6.70. The number of carbonyl (C=O) groups is 1. The van der Waals surface area contributed by atoms with Gasteiger partial charge in [0.2, 0.25) is 0 Å². The molecular weight excluding hydrogens is 236 g/mol. The molecule has 1 aromatic carbocycles. The molecule has 1 aliphatic heterocycles. The van der Waals surface area contributed by atoms with Crippen LogP contribution >= 0.6 is 0 Å². The van der Waals surface area contributed by atoms with Crippen molar-refractivity contribution >= 4 is 11.6 Å². The summed E-state index contributed by atoms with van der Waals surface area (Å²) < 4.78 is 0. The summed E-state index contributed by atoms with van der Waals surface area (Å²) >= 11 is 0. The summed E-state index contributed by atoms with van der Waals surface area (Å²) in [5.74, 6) is 0.00759. The number of anilines is 1. The van der Waals surface area contributed by atoms with E-state index in [-0.39, 0.29) is 11.3 Å². The van der Waals surface area contributed by atoms with Gasteiger partial charge in [-0.2, -0.15) is 0 Å². The molecule has 1 fully saturated rings. The van der Waals surface area contributed by atoms with Crippen LogP contribution in [-0.2, 0) is 10.2 Å². The molecule has 0 spiro atoms. The molecular formula is C16H22N2O. The largest absolute Gasteiger partial charge is 0.322 e. The van der Waals surface area contributed by atoms with Crippen molar-refractivity contribution in [3.63, 3.8) is 0 Å². The Bertz CT molecular complexity index is 518. The van der Waals surface area contributed by atoms with Crippen molar-refractivity contribution in [1.29, 1.82) is 0 Å². The Morgan fingerprint density at radius 3 is 2.37 bits per heavy atom. The first-order chi connectivity index (χ1) is 8.89. The molecule has 3 nitrogen and oxygen atoms in total. The molecule has 0 bridgehead atoms. The smallest absolute Gasteiger partial charge is 0.251 e. The lowest BCUT2D eigenvalue weighted by molar-refractivity contribution is -0.112. The second-order valence-corrected chi connectivity index (χ2v) is 6.08. The van der Waals surface area contributed by atoms with Gasteiger partial charge in [0.05, 0.1) is 0 Å². The van der Waals surface area contributed by atoms with Crippen LogP contribution in [0, 0.1) is 0 Å². The van der Waals surface area contributed by atoms with Crippen molar-refractivity contribution in [1.82, 2.24) is 5.32 Å². The van der Waals surface area contributed by atoms with Gasteiger partial charge in [-0.3, -0.25) is 4.79 Å². The van der Waals surface area contributed by atoms with Crippen LogP contribution in [-0.4, -0.2) is 19.0 Å². The van der Waals surface area contributed by atoms with Crippen molar-refractivity contribution in [2.24, 2.45) is 0 Å². The van der Waals surface area contributed by atoms with E-state index in [0.717, 1.165) is 29.9 Å². The number of rotatable bonds is 2. The van der Waals surface area contributed by atoms with Crippen LogP contribution in [0.25, 0.3) is 0 Å². The third-order valence-corrected chi connectivity index (χ3v) is 3.53. The molecule has 0 radical (unpaired) electrons. The van der Waals surface area contributed by atoms with Crippen LogP contribution < -0.4 is 10.6 Å². The second-order valence-electron chi connectivity index (χ2n) is 6.08. The summed E-state index contributed by atoms with van der Waals surface area (Å²) in [4.78, 5) is 12.2. The van der Waals surface area contributed by atoms with E-state index in [9.17, 15) is 4.79 Å². The van der Waals surface area contributed by atoms with Gasteiger partial charge in [-0.1, -0.05) is 39.0 Å². The van der Waals surface area contributed by atoms with Crippen molar-refractivity contribution < 1.29 is 4.79 Å². The Morgan fingerprint density at radius 1 is 1.21 bits per heavy atom. The van der Waals surface area contributed by atoms with E-state index in [0.29, 0.717) is 0 Å². The Morgan fingerprint density at radius 2 is 1.84 bits per heavy atom. The summed E-state index contributed by atoms with van der Waals surface area (Å²) in [5.41, 5.74) is 4.12. The number of hydrogen-bond acceptors (Lipinski definition) is 2. The van der Waals surface area contributed by atoms with E-state index in [1.165, 1.54) is 5.57 Å². The van der Waals surface area contributed by atoms with Gasteiger partial charge in [-0.15, -0.1) is 0 Å². The Balaban J connectivity index is 2.22. The maximum absolute atomic E-state index is 12.2. The van der Waals surface area contributed by atoms with E-state index in [2.05, 4.69) is 37.5 Å². The fourth-order valence-corrected chi connectivity index (χ4v) is 2.14. The monoisotopic (exact) mass is 258 g/mol. The van der Waals surface area contributed by atoms with E-state index in [1.807, 2.05) is 25.1 Å². The molecule has 2 rings (SSSR count). The lowest BCUT2D eigenvalue weighted by Gasteiger charge is -2.24. The number of carbonyl (C=O) groups excluding carboxylic acids is 1. The second kappa shape index (κ2) is 5.17. The predicted molar refractivity (Wildman–Crippen MR) is 79.3 cm³/mol. The Hall–Kier alpha value is -1.61. The molecule has 0 saturated carbocycles. The summed E-state index contributed by atoms with van der Waals surface area (Å²) in [5, 5.41) is 6.20. The van der Waals surface area contributed by atoms with Crippen molar-refractivity contribution in [2.45, 2.75) is 33.1 Å². The minimum Gasteiger partial charge on any atom is -0.322 e. The zero-order valence-corrected chi connectivity index (χ0v) is 12.1. The summed E-state index contributed by atoms with van der Waals surface area (Å²) in [6.45, 7) is 10.0. The van der Waals surface area contributed by atoms with Gasteiger partial charge in [0.1, 0.15) is 0 Å². The molecule has 3 heteroatoms. The third kappa shape index (κ3) is 3.04. The van der Waals surface area contributed by atoms with Crippen LogP contribution in [0.3, 0.4) is 0 Å². The van der Waals surface area contributed by atoms with Crippen LogP contribution in [0.15, 0.2) is 35.4 Å².